The minimum Gasteiger partial charge on any atom is -0.198 e. The largest absolute Gasteiger partial charge is 0.198 e. The van der Waals surface area contributed by atoms with Crippen LogP contribution in [0.2, 0.25) is 0 Å². The van der Waals surface area contributed by atoms with Crippen LogP contribution in [0.15, 0.2) is 30.3 Å². The average Bonchev–Trinajstić information content (AvgIpc) is 2.46. The molecule has 0 radical (unpaired) electrons. The van der Waals surface area contributed by atoms with Crippen LogP contribution in [-0.2, 0) is 0 Å². The van der Waals surface area contributed by atoms with Gasteiger partial charge >= 0.3 is 0 Å². The molecule has 104 valence electrons. The molecule has 0 aliphatic heterocycles. The van der Waals surface area contributed by atoms with Crippen LogP contribution in [0.4, 0.5) is 0 Å². The third kappa shape index (κ3) is 1.97. The smallest absolute Gasteiger partial charge is 0.0628 e. The summed E-state index contributed by atoms with van der Waals surface area (Å²) in [5, 5.41) is 9.30. The molecular formula is C19H23N. The first-order valence-electron chi connectivity index (χ1n) is 8.27. The lowest BCUT2D eigenvalue weighted by atomic mass is 9.49. The second kappa shape index (κ2) is 4.92. The molecule has 1 aromatic rings. The van der Waals surface area contributed by atoms with Crippen LogP contribution in [0.3, 0.4) is 0 Å². The van der Waals surface area contributed by atoms with Gasteiger partial charge in [-0.1, -0.05) is 30.3 Å². The predicted molar refractivity (Wildman–Crippen MR) is 79.9 cm³/mol. The van der Waals surface area contributed by atoms with Gasteiger partial charge in [0.05, 0.1) is 6.07 Å². The molecule has 4 aliphatic carbocycles. The fourth-order valence-electron chi connectivity index (χ4n) is 5.90. The van der Waals surface area contributed by atoms with Gasteiger partial charge in [0, 0.05) is 12.3 Å². The first-order valence-corrected chi connectivity index (χ1v) is 8.27. The number of nitrogens with zero attached hydrogens (tertiary/aromatic N) is 1. The van der Waals surface area contributed by atoms with Gasteiger partial charge in [-0.25, -0.2) is 0 Å². The SMILES string of the molecule is N#CCC(c1ccccc1)C1C2CC3CC(C2)CC1C3. The lowest BCUT2D eigenvalue weighted by molar-refractivity contribution is -0.0473. The van der Waals surface area contributed by atoms with Gasteiger partial charge in [0.15, 0.2) is 0 Å². The van der Waals surface area contributed by atoms with Crippen molar-refractivity contribution in [2.45, 2.75) is 44.4 Å². The topological polar surface area (TPSA) is 23.8 Å². The zero-order valence-corrected chi connectivity index (χ0v) is 12.0. The van der Waals surface area contributed by atoms with E-state index in [2.05, 4.69) is 36.4 Å². The van der Waals surface area contributed by atoms with Crippen molar-refractivity contribution < 1.29 is 0 Å². The summed E-state index contributed by atoms with van der Waals surface area (Å²) in [5.74, 6) is 5.12. The number of hydrogen-bond acceptors (Lipinski definition) is 1. The van der Waals surface area contributed by atoms with Crippen molar-refractivity contribution in [1.29, 1.82) is 5.26 Å². The Labute approximate surface area is 122 Å². The summed E-state index contributed by atoms with van der Waals surface area (Å²) in [5.41, 5.74) is 1.41. The molecule has 4 fully saturated rings. The molecule has 1 unspecified atom stereocenters. The van der Waals surface area contributed by atoms with Crippen molar-refractivity contribution in [1.82, 2.24) is 0 Å². The van der Waals surface area contributed by atoms with Crippen molar-refractivity contribution in [2.24, 2.45) is 29.6 Å². The van der Waals surface area contributed by atoms with Gasteiger partial charge in [0.1, 0.15) is 0 Å². The van der Waals surface area contributed by atoms with E-state index in [0.717, 1.165) is 29.6 Å². The standard InChI is InChI=1S/C19H23N/c20-7-6-18(15-4-2-1-3-5-15)19-16-9-13-8-14(11-16)12-17(19)10-13/h1-5,13-14,16-19H,6,8-12H2. The van der Waals surface area contributed by atoms with Crippen LogP contribution in [0.1, 0.15) is 50.0 Å². The van der Waals surface area contributed by atoms with Gasteiger partial charge in [0.2, 0.25) is 0 Å². The number of hydrogen-bond donors (Lipinski definition) is 0. The van der Waals surface area contributed by atoms with E-state index in [1.165, 1.54) is 37.7 Å². The van der Waals surface area contributed by atoms with E-state index in [1.807, 2.05) is 0 Å². The molecule has 1 nitrogen and oxygen atoms in total. The first-order chi connectivity index (χ1) is 9.85. The highest BCUT2D eigenvalue weighted by Crippen LogP contribution is 2.60. The normalized spacial score (nSPS) is 39.5. The third-order valence-corrected chi connectivity index (χ3v) is 6.30. The van der Waals surface area contributed by atoms with E-state index in [9.17, 15) is 5.26 Å². The highest BCUT2D eigenvalue weighted by Gasteiger charge is 2.50. The van der Waals surface area contributed by atoms with Gasteiger partial charge in [0.25, 0.3) is 0 Å². The summed E-state index contributed by atoms with van der Waals surface area (Å²) in [6.07, 6.45) is 8.02. The van der Waals surface area contributed by atoms with Gasteiger partial charge in [-0.15, -0.1) is 0 Å². The van der Waals surface area contributed by atoms with E-state index in [4.69, 9.17) is 0 Å². The molecule has 20 heavy (non-hydrogen) atoms. The average molecular weight is 265 g/mol. The minimum absolute atomic E-state index is 0.483. The van der Waals surface area contributed by atoms with Gasteiger partial charge < -0.3 is 0 Å². The van der Waals surface area contributed by atoms with Crippen molar-refractivity contribution >= 4 is 0 Å². The molecule has 0 aromatic heterocycles. The molecule has 0 heterocycles. The van der Waals surface area contributed by atoms with E-state index in [0.29, 0.717) is 12.3 Å². The van der Waals surface area contributed by atoms with Crippen LogP contribution in [0.25, 0.3) is 0 Å². The Bertz CT molecular complexity index is 484. The lowest BCUT2D eigenvalue weighted by Crippen LogP contribution is -2.47. The number of rotatable bonds is 3. The molecule has 0 spiro atoms. The van der Waals surface area contributed by atoms with Crippen molar-refractivity contribution in [2.75, 3.05) is 0 Å². The summed E-state index contributed by atoms with van der Waals surface area (Å²) in [6, 6.07) is 13.3. The molecule has 5 rings (SSSR count). The zero-order chi connectivity index (χ0) is 13.5. The third-order valence-electron chi connectivity index (χ3n) is 6.30. The Morgan fingerprint density at radius 1 is 0.950 bits per heavy atom. The first kappa shape index (κ1) is 12.5. The number of benzene rings is 1. The molecule has 1 heteroatoms. The monoisotopic (exact) mass is 265 g/mol. The van der Waals surface area contributed by atoms with E-state index >= 15 is 0 Å². The van der Waals surface area contributed by atoms with Crippen LogP contribution >= 0.6 is 0 Å². The summed E-state index contributed by atoms with van der Waals surface area (Å²) in [4.78, 5) is 0. The Hall–Kier alpha value is -1.29. The molecule has 4 bridgehead atoms. The molecule has 0 amide bonds. The van der Waals surface area contributed by atoms with Crippen LogP contribution in [0.5, 0.6) is 0 Å². The van der Waals surface area contributed by atoms with E-state index in [1.54, 1.807) is 0 Å². The highest BCUT2D eigenvalue weighted by molar-refractivity contribution is 5.23. The zero-order valence-electron chi connectivity index (χ0n) is 12.0. The van der Waals surface area contributed by atoms with E-state index in [-0.39, 0.29) is 0 Å². The maximum atomic E-state index is 9.30. The maximum absolute atomic E-state index is 9.30. The van der Waals surface area contributed by atoms with Gasteiger partial charge in [-0.2, -0.15) is 5.26 Å². The Morgan fingerprint density at radius 2 is 1.55 bits per heavy atom. The maximum Gasteiger partial charge on any atom is 0.0628 e. The van der Waals surface area contributed by atoms with Crippen molar-refractivity contribution in [3.05, 3.63) is 35.9 Å². The summed E-state index contributed by atoms with van der Waals surface area (Å²) in [7, 11) is 0. The lowest BCUT2D eigenvalue weighted by Gasteiger charge is -2.56. The Kier molecular flexibility index (Phi) is 3.06. The minimum atomic E-state index is 0.483. The predicted octanol–water partition coefficient (Wildman–Crippen LogP) is 4.76. The second-order valence-electron chi connectivity index (χ2n) is 7.39. The number of nitriles is 1. The Balaban J connectivity index is 1.65. The Morgan fingerprint density at radius 3 is 2.10 bits per heavy atom. The van der Waals surface area contributed by atoms with Crippen LogP contribution in [-0.4, -0.2) is 0 Å². The van der Waals surface area contributed by atoms with E-state index < -0.39 is 0 Å². The van der Waals surface area contributed by atoms with Crippen molar-refractivity contribution in [3.8, 4) is 6.07 Å². The second-order valence-corrected chi connectivity index (χ2v) is 7.39. The van der Waals surface area contributed by atoms with Crippen LogP contribution in [0, 0.1) is 40.9 Å². The molecule has 1 aromatic carbocycles. The molecule has 0 saturated heterocycles. The molecule has 4 saturated carbocycles. The summed E-state index contributed by atoms with van der Waals surface area (Å²) >= 11 is 0. The molecule has 0 N–H and O–H groups in total. The van der Waals surface area contributed by atoms with Crippen molar-refractivity contribution in [3.63, 3.8) is 0 Å². The fourth-order valence-corrected chi connectivity index (χ4v) is 5.90. The molecule has 4 aliphatic rings. The highest BCUT2D eigenvalue weighted by atomic mass is 14.5. The quantitative estimate of drug-likeness (QED) is 0.773. The molecule has 1 atom stereocenters. The summed E-state index contributed by atoms with van der Waals surface area (Å²) < 4.78 is 0. The summed E-state index contributed by atoms with van der Waals surface area (Å²) in [6.45, 7) is 0. The van der Waals surface area contributed by atoms with Gasteiger partial charge in [-0.3, -0.25) is 0 Å². The van der Waals surface area contributed by atoms with Crippen LogP contribution < -0.4 is 0 Å². The fraction of sp³-hybridized carbons (Fsp3) is 0.632. The van der Waals surface area contributed by atoms with Gasteiger partial charge in [-0.05, 0) is 67.3 Å². The molecular weight excluding hydrogens is 242 g/mol.